The number of hydroxylamine groups is 1. The van der Waals surface area contributed by atoms with Gasteiger partial charge in [-0.15, -0.1) is 0 Å². The first-order valence-corrected chi connectivity index (χ1v) is 10.9. The van der Waals surface area contributed by atoms with E-state index in [0.29, 0.717) is 17.7 Å². The lowest BCUT2D eigenvalue weighted by Crippen LogP contribution is -2.39. The Morgan fingerprint density at radius 1 is 0.970 bits per heavy atom. The largest absolute Gasteiger partial charge is 0.497 e. The average Bonchev–Trinajstić information content (AvgIpc) is 2.85. The van der Waals surface area contributed by atoms with Crippen LogP contribution in [0, 0.1) is 0 Å². The van der Waals surface area contributed by atoms with Crippen LogP contribution in [0.3, 0.4) is 0 Å². The number of hydrogen-bond donors (Lipinski definition) is 3. The molecule has 0 radical (unpaired) electrons. The topological polar surface area (TPSA) is 88.7 Å². The minimum Gasteiger partial charge on any atom is -0.497 e. The van der Waals surface area contributed by atoms with Gasteiger partial charge in [-0.25, -0.2) is 5.48 Å². The van der Waals surface area contributed by atoms with Crippen LogP contribution in [-0.4, -0.2) is 25.0 Å². The van der Waals surface area contributed by atoms with Crippen molar-refractivity contribution in [3.63, 3.8) is 0 Å². The smallest absolute Gasteiger partial charge is 0.274 e. The van der Waals surface area contributed by atoms with Crippen LogP contribution in [0.2, 0.25) is 0 Å². The molecule has 1 unspecified atom stereocenters. The lowest BCUT2D eigenvalue weighted by atomic mass is 10.0. The van der Waals surface area contributed by atoms with Crippen LogP contribution in [0.4, 0.5) is 11.4 Å². The number of anilines is 2. The van der Waals surface area contributed by atoms with Crippen LogP contribution in [0.15, 0.2) is 72.8 Å². The minimum absolute atomic E-state index is 0.0689. The highest BCUT2D eigenvalue weighted by molar-refractivity contribution is 6.04. The molecule has 0 fully saturated rings. The molecule has 0 aliphatic carbocycles. The summed E-state index contributed by atoms with van der Waals surface area (Å²) in [4.78, 5) is 30.3. The number of ether oxygens (including phenoxy) is 1. The van der Waals surface area contributed by atoms with Crippen LogP contribution in [0.1, 0.15) is 34.3 Å². The van der Waals surface area contributed by atoms with Gasteiger partial charge in [0.15, 0.2) is 0 Å². The van der Waals surface area contributed by atoms with Gasteiger partial charge in [-0.2, -0.15) is 0 Å². The van der Waals surface area contributed by atoms with E-state index in [0.717, 1.165) is 29.8 Å². The normalized spacial score (nSPS) is 14.6. The van der Waals surface area contributed by atoms with E-state index in [1.807, 2.05) is 54.6 Å². The predicted molar refractivity (Wildman–Crippen MR) is 127 cm³/mol. The third-order valence-electron chi connectivity index (χ3n) is 5.55. The quantitative estimate of drug-likeness (QED) is 0.427. The summed E-state index contributed by atoms with van der Waals surface area (Å²) in [6, 6.07) is 22.3. The molecule has 33 heavy (non-hydrogen) atoms. The molecule has 170 valence electrons. The number of nitrogens with one attached hydrogen (secondary N) is 3. The standard InChI is InChI=1S/C26H27N3O4/c1-32-21-13-10-18(11-14-21)8-5-9-23-26(31)28-22-15-12-20(16-24(22)27-23)25(30)29-33-17-19-6-3-2-4-7-19/h2-4,6-7,10-16,23,27H,5,8-9,17H2,1H3,(H,28,31)(H,29,30). The molecule has 0 bridgehead atoms. The molecule has 0 saturated carbocycles. The molecule has 3 N–H and O–H groups in total. The Labute approximate surface area is 193 Å². The maximum atomic E-state index is 12.5. The first-order chi connectivity index (χ1) is 16.1. The summed E-state index contributed by atoms with van der Waals surface area (Å²) in [7, 11) is 1.65. The number of carbonyl (C=O) groups excluding carboxylic acids is 2. The van der Waals surface area contributed by atoms with Crippen LogP contribution in [0.25, 0.3) is 0 Å². The van der Waals surface area contributed by atoms with E-state index in [4.69, 9.17) is 9.57 Å². The van der Waals surface area contributed by atoms with Gasteiger partial charge in [-0.3, -0.25) is 14.4 Å². The third kappa shape index (κ3) is 5.90. The fraction of sp³-hybridized carbons (Fsp3) is 0.231. The summed E-state index contributed by atoms with van der Waals surface area (Å²) in [5, 5.41) is 6.20. The Morgan fingerprint density at radius 3 is 2.52 bits per heavy atom. The van der Waals surface area contributed by atoms with Crippen molar-refractivity contribution in [3.05, 3.63) is 89.5 Å². The number of benzene rings is 3. The zero-order valence-corrected chi connectivity index (χ0v) is 18.5. The van der Waals surface area contributed by atoms with Gasteiger partial charge >= 0.3 is 0 Å². The molecule has 2 amide bonds. The summed E-state index contributed by atoms with van der Waals surface area (Å²) in [6.45, 7) is 0.280. The SMILES string of the molecule is COc1ccc(CCCC2Nc3cc(C(=O)NOCc4ccccc4)ccc3NC2=O)cc1. The first-order valence-electron chi connectivity index (χ1n) is 10.9. The molecule has 3 aromatic carbocycles. The molecule has 1 aliphatic rings. The second kappa shape index (κ2) is 10.7. The molecule has 7 nitrogen and oxygen atoms in total. The van der Waals surface area contributed by atoms with E-state index in [2.05, 4.69) is 16.1 Å². The summed E-state index contributed by atoms with van der Waals surface area (Å²) in [5.74, 6) is 0.415. The van der Waals surface area contributed by atoms with Gasteiger partial charge in [-0.1, -0.05) is 42.5 Å². The molecule has 1 atom stereocenters. The van der Waals surface area contributed by atoms with Gasteiger partial charge in [-0.05, 0) is 60.7 Å². The van der Waals surface area contributed by atoms with Crippen LogP contribution in [0.5, 0.6) is 5.75 Å². The number of amides is 2. The van der Waals surface area contributed by atoms with Crippen molar-refractivity contribution in [2.45, 2.75) is 31.9 Å². The van der Waals surface area contributed by atoms with Crippen molar-refractivity contribution < 1.29 is 19.2 Å². The Morgan fingerprint density at radius 2 is 1.76 bits per heavy atom. The van der Waals surface area contributed by atoms with Gasteiger partial charge in [0, 0.05) is 5.56 Å². The number of aryl methyl sites for hydroxylation is 1. The van der Waals surface area contributed by atoms with Crippen molar-refractivity contribution >= 4 is 23.2 Å². The fourth-order valence-electron chi connectivity index (χ4n) is 3.71. The van der Waals surface area contributed by atoms with E-state index in [9.17, 15) is 9.59 Å². The van der Waals surface area contributed by atoms with Gasteiger partial charge in [0.05, 0.1) is 25.1 Å². The number of fused-ring (bicyclic) bond motifs is 1. The first kappa shape index (κ1) is 22.4. The Bertz CT molecular complexity index is 1100. The van der Waals surface area contributed by atoms with Crippen molar-refractivity contribution in [1.29, 1.82) is 0 Å². The lowest BCUT2D eigenvalue weighted by molar-refractivity contribution is -0.117. The molecule has 0 saturated heterocycles. The molecule has 1 aliphatic heterocycles. The van der Waals surface area contributed by atoms with Crippen molar-refractivity contribution in [2.75, 3.05) is 17.7 Å². The van der Waals surface area contributed by atoms with E-state index < -0.39 is 0 Å². The maximum Gasteiger partial charge on any atom is 0.274 e. The Hall–Kier alpha value is -3.84. The van der Waals surface area contributed by atoms with E-state index in [-0.39, 0.29) is 24.5 Å². The molecule has 4 rings (SSSR count). The average molecular weight is 446 g/mol. The monoisotopic (exact) mass is 445 g/mol. The molecule has 1 heterocycles. The van der Waals surface area contributed by atoms with Gasteiger partial charge in [0.1, 0.15) is 11.8 Å². The van der Waals surface area contributed by atoms with Crippen molar-refractivity contribution in [1.82, 2.24) is 5.48 Å². The summed E-state index contributed by atoms with van der Waals surface area (Å²) < 4.78 is 5.19. The fourth-order valence-corrected chi connectivity index (χ4v) is 3.71. The highest BCUT2D eigenvalue weighted by Crippen LogP contribution is 2.29. The van der Waals surface area contributed by atoms with Crippen molar-refractivity contribution in [3.8, 4) is 5.75 Å². The second-order valence-corrected chi connectivity index (χ2v) is 7.89. The summed E-state index contributed by atoms with van der Waals surface area (Å²) >= 11 is 0. The minimum atomic E-state index is -0.358. The zero-order valence-electron chi connectivity index (χ0n) is 18.5. The maximum absolute atomic E-state index is 12.5. The van der Waals surface area contributed by atoms with E-state index >= 15 is 0 Å². The highest BCUT2D eigenvalue weighted by atomic mass is 16.6. The highest BCUT2D eigenvalue weighted by Gasteiger charge is 2.25. The Kier molecular flexibility index (Phi) is 7.22. The summed E-state index contributed by atoms with van der Waals surface area (Å²) in [6.07, 6.45) is 2.39. The van der Waals surface area contributed by atoms with Gasteiger partial charge in [0.2, 0.25) is 5.91 Å². The Balaban J connectivity index is 1.31. The number of hydrogen-bond acceptors (Lipinski definition) is 5. The van der Waals surface area contributed by atoms with Crippen molar-refractivity contribution in [2.24, 2.45) is 0 Å². The number of rotatable bonds is 9. The summed E-state index contributed by atoms with van der Waals surface area (Å²) in [5.41, 5.74) is 6.46. The van der Waals surface area contributed by atoms with Crippen LogP contribution < -0.4 is 20.9 Å². The van der Waals surface area contributed by atoms with Gasteiger partial charge in [0.25, 0.3) is 5.91 Å². The third-order valence-corrected chi connectivity index (χ3v) is 5.55. The molecular weight excluding hydrogens is 418 g/mol. The van der Waals surface area contributed by atoms with E-state index in [1.54, 1.807) is 25.3 Å². The number of carbonyl (C=O) groups is 2. The second-order valence-electron chi connectivity index (χ2n) is 7.89. The van der Waals surface area contributed by atoms with Crippen LogP contribution >= 0.6 is 0 Å². The number of methoxy groups -OCH3 is 1. The molecule has 0 spiro atoms. The van der Waals surface area contributed by atoms with E-state index in [1.165, 1.54) is 5.56 Å². The molecule has 7 heteroatoms. The molecular formula is C26H27N3O4. The van der Waals surface area contributed by atoms with Gasteiger partial charge < -0.3 is 15.4 Å². The molecule has 0 aromatic heterocycles. The van der Waals surface area contributed by atoms with Crippen LogP contribution in [-0.2, 0) is 22.7 Å². The lowest BCUT2D eigenvalue weighted by Gasteiger charge is -2.27. The zero-order chi connectivity index (χ0) is 23.0. The predicted octanol–water partition coefficient (Wildman–Crippen LogP) is 4.31. The molecule has 3 aromatic rings.